The van der Waals surface area contributed by atoms with E-state index in [1.54, 1.807) is 0 Å². The van der Waals surface area contributed by atoms with Crippen molar-refractivity contribution < 1.29 is 0 Å². The highest BCUT2D eigenvalue weighted by Crippen LogP contribution is 2.06. The summed E-state index contributed by atoms with van der Waals surface area (Å²) in [7, 11) is 2.36. The van der Waals surface area contributed by atoms with E-state index in [9.17, 15) is 0 Å². The van der Waals surface area contributed by atoms with E-state index in [1.807, 2.05) is 0 Å². The Morgan fingerprint density at radius 2 is 2.00 bits per heavy atom. The summed E-state index contributed by atoms with van der Waals surface area (Å²) in [5.41, 5.74) is 0. The molecule has 0 spiro atoms. The smallest absolute Gasteiger partial charge is 0.0831 e. The Balaban J connectivity index is 2.86. The summed E-state index contributed by atoms with van der Waals surface area (Å²) >= 11 is 0. The predicted molar refractivity (Wildman–Crippen MR) is 40.5 cm³/mol. The summed E-state index contributed by atoms with van der Waals surface area (Å²) in [6.07, 6.45) is 3.84. The second-order valence-electron chi connectivity index (χ2n) is 2.45. The molecule has 1 radical (unpaired) electrons. The summed E-state index contributed by atoms with van der Waals surface area (Å²) in [5, 5.41) is 0. The molecular formula is C7H16B. The maximum atomic E-state index is 2.36. The van der Waals surface area contributed by atoms with Crippen LogP contribution in [0.3, 0.4) is 0 Å². The summed E-state index contributed by atoms with van der Waals surface area (Å²) in [4.78, 5) is 0. The summed E-state index contributed by atoms with van der Waals surface area (Å²) < 4.78 is 0. The van der Waals surface area contributed by atoms with Crippen LogP contribution in [0.5, 0.6) is 0 Å². The molecule has 1 heteroatoms. The standard InChI is InChI=1S/C7H16B/c1-4-7(3)6-8-5-2/h7H,4-6H2,1-3H3. The molecule has 1 atom stereocenters. The minimum absolute atomic E-state index is 0.898. The fraction of sp³-hybridized carbons (Fsp3) is 1.00. The molecule has 0 aromatic rings. The van der Waals surface area contributed by atoms with Crippen molar-refractivity contribution >= 4 is 7.28 Å². The first-order valence-corrected chi connectivity index (χ1v) is 3.62. The molecule has 0 nitrogen and oxygen atoms in total. The van der Waals surface area contributed by atoms with Gasteiger partial charge in [-0.05, 0) is 0 Å². The van der Waals surface area contributed by atoms with Crippen LogP contribution in [0.4, 0.5) is 0 Å². The van der Waals surface area contributed by atoms with Crippen molar-refractivity contribution in [3.05, 3.63) is 0 Å². The third kappa shape index (κ3) is 4.23. The molecule has 0 bridgehead atoms. The normalized spacial score (nSPS) is 13.4. The molecule has 0 aliphatic rings. The molecule has 0 aliphatic carbocycles. The van der Waals surface area contributed by atoms with Gasteiger partial charge in [-0.1, -0.05) is 45.8 Å². The van der Waals surface area contributed by atoms with E-state index >= 15 is 0 Å². The minimum Gasteiger partial charge on any atom is -0.0831 e. The van der Waals surface area contributed by atoms with Crippen molar-refractivity contribution in [1.29, 1.82) is 0 Å². The summed E-state index contributed by atoms with van der Waals surface area (Å²) in [5.74, 6) is 0.898. The van der Waals surface area contributed by atoms with Crippen LogP contribution in [0, 0.1) is 5.92 Å². The van der Waals surface area contributed by atoms with Gasteiger partial charge >= 0.3 is 0 Å². The second kappa shape index (κ2) is 5.21. The quantitative estimate of drug-likeness (QED) is 0.489. The van der Waals surface area contributed by atoms with Crippen molar-refractivity contribution in [1.82, 2.24) is 0 Å². The zero-order valence-electron chi connectivity index (χ0n) is 6.28. The largest absolute Gasteiger partial charge is 0.109 e. The van der Waals surface area contributed by atoms with E-state index in [1.165, 1.54) is 19.1 Å². The molecule has 0 N–H and O–H groups in total. The van der Waals surface area contributed by atoms with Crippen LogP contribution in [0.2, 0.25) is 12.6 Å². The zero-order chi connectivity index (χ0) is 6.41. The van der Waals surface area contributed by atoms with Crippen LogP contribution in [-0.2, 0) is 0 Å². The lowest BCUT2D eigenvalue weighted by molar-refractivity contribution is 0.622. The first kappa shape index (κ1) is 8.06. The maximum absolute atomic E-state index is 2.36. The lowest BCUT2D eigenvalue weighted by Crippen LogP contribution is -1.96. The van der Waals surface area contributed by atoms with E-state index in [0.29, 0.717) is 0 Å². The van der Waals surface area contributed by atoms with Crippen molar-refractivity contribution in [2.24, 2.45) is 5.92 Å². The van der Waals surface area contributed by atoms with Gasteiger partial charge in [0.15, 0.2) is 0 Å². The molecule has 47 valence electrons. The van der Waals surface area contributed by atoms with Crippen LogP contribution in [-0.4, -0.2) is 7.28 Å². The molecule has 0 saturated heterocycles. The van der Waals surface area contributed by atoms with Gasteiger partial charge in [-0.3, -0.25) is 0 Å². The van der Waals surface area contributed by atoms with E-state index < -0.39 is 0 Å². The first-order valence-electron chi connectivity index (χ1n) is 3.62. The molecule has 0 heterocycles. The molecular weight excluding hydrogens is 94.9 g/mol. The Hall–Kier alpha value is 0.0649. The molecule has 8 heavy (non-hydrogen) atoms. The SMILES string of the molecule is CC[B]CC(C)CC. The molecule has 0 aromatic carbocycles. The highest BCUT2D eigenvalue weighted by atomic mass is 13.9. The Bertz CT molecular complexity index is 43.7. The molecule has 0 rings (SSSR count). The topological polar surface area (TPSA) is 0 Å². The third-order valence-electron chi connectivity index (χ3n) is 1.55. The maximum Gasteiger partial charge on any atom is 0.109 e. The van der Waals surface area contributed by atoms with Gasteiger partial charge in [0.05, 0.1) is 0 Å². The fourth-order valence-corrected chi connectivity index (χ4v) is 0.618. The molecule has 0 fully saturated rings. The monoisotopic (exact) mass is 111 g/mol. The number of hydrogen-bond donors (Lipinski definition) is 0. The van der Waals surface area contributed by atoms with Gasteiger partial charge in [-0.2, -0.15) is 0 Å². The fourth-order valence-electron chi connectivity index (χ4n) is 0.618. The summed E-state index contributed by atoms with van der Waals surface area (Å²) in [6.45, 7) is 6.74. The van der Waals surface area contributed by atoms with Crippen LogP contribution in [0.15, 0.2) is 0 Å². The Kier molecular flexibility index (Phi) is 5.25. The average Bonchev–Trinajstić information content (AvgIpc) is 1.83. The minimum atomic E-state index is 0.898. The zero-order valence-corrected chi connectivity index (χ0v) is 6.28. The van der Waals surface area contributed by atoms with Crippen LogP contribution >= 0.6 is 0 Å². The van der Waals surface area contributed by atoms with Gasteiger partial charge in [-0.25, -0.2) is 0 Å². The van der Waals surface area contributed by atoms with Crippen molar-refractivity contribution in [3.63, 3.8) is 0 Å². The van der Waals surface area contributed by atoms with Crippen molar-refractivity contribution in [2.45, 2.75) is 39.8 Å². The van der Waals surface area contributed by atoms with E-state index in [2.05, 4.69) is 28.1 Å². The molecule has 0 amide bonds. The van der Waals surface area contributed by atoms with Gasteiger partial charge in [0.1, 0.15) is 7.28 Å². The van der Waals surface area contributed by atoms with E-state index in [-0.39, 0.29) is 0 Å². The second-order valence-corrected chi connectivity index (χ2v) is 2.45. The molecule has 0 aliphatic heterocycles. The Morgan fingerprint density at radius 3 is 2.38 bits per heavy atom. The highest BCUT2D eigenvalue weighted by molar-refractivity contribution is 6.35. The van der Waals surface area contributed by atoms with Crippen molar-refractivity contribution in [3.8, 4) is 0 Å². The number of hydrogen-bond acceptors (Lipinski definition) is 0. The highest BCUT2D eigenvalue weighted by Gasteiger charge is 1.95. The lowest BCUT2D eigenvalue weighted by atomic mass is 9.67. The van der Waals surface area contributed by atoms with Gasteiger partial charge in [-0.15, -0.1) is 0 Å². The Morgan fingerprint density at radius 1 is 1.38 bits per heavy atom. The molecule has 1 unspecified atom stereocenters. The van der Waals surface area contributed by atoms with E-state index in [4.69, 9.17) is 0 Å². The Labute approximate surface area is 53.9 Å². The third-order valence-corrected chi connectivity index (χ3v) is 1.55. The van der Waals surface area contributed by atoms with Gasteiger partial charge in [0.25, 0.3) is 0 Å². The van der Waals surface area contributed by atoms with Gasteiger partial charge in [0, 0.05) is 0 Å². The van der Waals surface area contributed by atoms with Gasteiger partial charge < -0.3 is 0 Å². The average molecular weight is 111 g/mol. The van der Waals surface area contributed by atoms with Crippen LogP contribution in [0.1, 0.15) is 27.2 Å². The summed E-state index contributed by atoms with van der Waals surface area (Å²) in [6, 6.07) is 0. The predicted octanol–water partition coefficient (Wildman–Crippen LogP) is 2.59. The molecule has 0 saturated carbocycles. The number of rotatable bonds is 4. The van der Waals surface area contributed by atoms with Crippen LogP contribution in [0.25, 0.3) is 0 Å². The molecule has 0 aromatic heterocycles. The first-order chi connectivity index (χ1) is 3.81. The van der Waals surface area contributed by atoms with Gasteiger partial charge in [0.2, 0.25) is 0 Å². The van der Waals surface area contributed by atoms with Crippen molar-refractivity contribution in [2.75, 3.05) is 0 Å². The van der Waals surface area contributed by atoms with Crippen LogP contribution < -0.4 is 0 Å². The lowest BCUT2D eigenvalue weighted by Gasteiger charge is -2.03. The van der Waals surface area contributed by atoms with E-state index in [0.717, 1.165) is 5.92 Å².